The van der Waals surface area contributed by atoms with Crippen LogP contribution in [0.25, 0.3) is 11.3 Å². The van der Waals surface area contributed by atoms with Gasteiger partial charge >= 0.3 is 0 Å². The highest BCUT2D eigenvalue weighted by molar-refractivity contribution is 7.07. The van der Waals surface area contributed by atoms with Gasteiger partial charge in [-0.3, -0.25) is 10.1 Å². The zero-order chi connectivity index (χ0) is 22.5. The van der Waals surface area contributed by atoms with E-state index in [0.29, 0.717) is 5.92 Å². The fraction of sp³-hybridized carbons (Fsp3) is 0.400. The molecule has 0 aliphatic heterocycles. The summed E-state index contributed by atoms with van der Waals surface area (Å²) < 4.78 is 2.30. The molecule has 0 saturated carbocycles. The van der Waals surface area contributed by atoms with Crippen molar-refractivity contribution in [3.05, 3.63) is 73.9 Å². The van der Waals surface area contributed by atoms with E-state index in [1.165, 1.54) is 17.5 Å². The van der Waals surface area contributed by atoms with Gasteiger partial charge in [0, 0.05) is 23.6 Å². The van der Waals surface area contributed by atoms with E-state index in [-0.39, 0.29) is 16.7 Å². The van der Waals surface area contributed by atoms with Crippen LogP contribution in [0.1, 0.15) is 57.2 Å². The maximum Gasteiger partial charge on any atom is 0.269 e. The first-order valence-electron chi connectivity index (χ1n) is 10.8. The summed E-state index contributed by atoms with van der Waals surface area (Å²) in [4.78, 5) is 16.6. The molecular weight excluding hydrogens is 406 g/mol. The fourth-order valence-corrected chi connectivity index (χ4v) is 4.89. The third kappa shape index (κ3) is 5.91. The molecule has 6 heteroatoms. The van der Waals surface area contributed by atoms with Gasteiger partial charge in [-0.25, -0.2) is 4.99 Å². The van der Waals surface area contributed by atoms with Crippen molar-refractivity contribution in [2.45, 2.75) is 59.9 Å². The number of nitro benzene ring substituents is 1. The Morgan fingerprint density at radius 3 is 2.26 bits per heavy atom. The van der Waals surface area contributed by atoms with Gasteiger partial charge in [-0.2, -0.15) is 0 Å². The van der Waals surface area contributed by atoms with E-state index in [2.05, 4.69) is 62.8 Å². The summed E-state index contributed by atoms with van der Waals surface area (Å²) in [5, 5.41) is 13.2. The third-order valence-corrected chi connectivity index (χ3v) is 6.23. The second-order valence-electron chi connectivity index (χ2n) is 8.71. The maximum absolute atomic E-state index is 11.0. The van der Waals surface area contributed by atoms with Crippen LogP contribution >= 0.6 is 11.3 Å². The largest absolute Gasteiger partial charge is 0.314 e. The van der Waals surface area contributed by atoms with Crippen molar-refractivity contribution < 1.29 is 4.92 Å². The summed E-state index contributed by atoms with van der Waals surface area (Å²) in [6.45, 7) is 10.9. The number of hydrogen-bond donors (Lipinski definition) is 0. The molecule has 0 spiro atoms. The fourth-order valence-electron chi connectivity index (χ4n) is 3.87. The lowest BCUT2D eigenvalue weighted by atomic mass is 10.0. The minimum absolute atomic E-state index is 0.107. The van der Waals surface area contributed by atoms with E-state index >= 15 is 0 Å². The highest BCUT2D eigenvalue weighted by Gasteiger charge is 2.15. The standard InChI is InChI=1S/C25H31N3O2S/c1-17(2)7-6-8-20(5)27-24(21-9-11-23(12-10-21)28(29)30)16-31-25(27)26-22-14-18(3)13-19(4)15-22/h9-17,20H,6-8H2,1-5H3. The van der Waals surface area contributed by atoms with E-state index < -0.39 is 0 Å². The smallest absolute Gasteiger partial charge is 0.269 e. The first-order chi connectivity index (χ1) is 14.7. The Labute approximate surface area is 188 Å². The van der Waals surface area contributed by atoms with Crippen LogP contribution in [0.3, 0.4) is 0 Å². The molecule has 0 radical (unpaired) electrons. The average molecular weight is 438 g/mol. The number of aryl methyl sites for hydroxylation is 2. The van der Waals surface area contributed by atoms with Gasteiger partial charge in [0.2, 0.25) is 0 Å². The summed E-state index contributed by atoms with van der Waals surface area (Å²) in [5.74, 6) is 0.688. The molecule has 2 aromatic carbocycles. The van der Waals surface area contributed by atoms with Crippen LogP contribution in [0, 0.1) is 29.9 Å². The molecule has 0 amide bonds. The SMILES string of the molecule is Cc1cc(C)cc(N=c2scc(-c3ccc([N+](=O)[O-])cc3)n2C(C)CCCC(C)C)c1. The van der Waals surface area contributed by atoms with Crippen molar-refractivity contribution in [2.24, 2.45) is 10.9 Å². The molecule has 0 fully saturated rings. The van der Waals surface area contributed by atoms with Crippen LogP contribution in [0.5, 0.6) is 0 Å². The van der Waals surface area contributed by atoms with Crippen LogP contribution < -0.4 is 4.80 Å². The monoisotopic (exact) mass is 437 g/mol. The lowest BCUT2D eigenvalue weighted by Crippen LogP contribution is -2.20. The highest BCUT2D eigenvalue weighted by atomic mass is 32.1. The van der Waals surface area contributed by atoms with Gasteiger partial charge in [0.25, 0.3) is 5.69 Å². The molecule has 3 aromatic rings. The molecule has 0 bridgehead atoms. The molecule has 3 rings (SSSR count). The molecule has 0 N–H and O–H groups in total. The van der Waals surface area contributed by atoms with Crippen LogP contribution in [-0.2, 0) is 0 Å². The predicted octanol–water partition coefficient (Wildman–Crippen LogP) is 7.36. The van der Waals surface area contributed by atoms with Gasteiger partial charge in [-0.15, -0.1) is 11.3 Å². The normalized spacial score (nSPS) is 13.0. The summed E-state index contributed by atoms with van der Waals surface area (Å²) in [5.41, 5.74) is 5.48. The molecule has 1 atom stereocenters. The summed E-state index contributed by atoms with van der Waals surface area (Å²) in [6, 6.07) is 13.4. The lowest BCUT2D eigenvalue weighted by Gasteiger charge is -2.18. The average Bonchev–Trinajstić information content (AvgIpc) is 3.10. The van der Waals surface area contributed by atoms with Crippen LogP contribution in [0.2, 0.25) is 0 Å². The van der Waals surface area contributed by atoms with Gasteiger partial charge < -0.3 is 4.57 Å². The quantitative estimate of drug-likeness (QED) is 0.273. The Hall–Kier alpha value is -2.73. The molecule has 1 unspecified atom stereocenters. The first-order valence-corrected chi connectivity index (χ1v) is 11.7. The van der Waals surface area contributed by atoms with Crippen LogP contribution in [0.4, 0.5) is 11.4 Å². The third-order valence-electron chi connectivity index (χ3n) is 5.39. The summed E-state index contributed by atoms with van der Waals surface area (Å²) in [6.07, 6.45) is 3.42. The van der Waals surface area contributed by atoms with Gasteiger partial charge in [0.05, 0.1) is 16.3 Å². The van der Waals surface area contributed by atoms with Gasteiger partial charge in [0.1, 0.15) is 0 Å². The number of thiazole rings is 1. The number of non-ortho nitro benzene ring substituents is 1. The second-order valence-corrected chi connectivity index (χ2v) is 9.55. The molecule has 164 valence electrons. The second kappa shape index (κ2) is 10.1. The van der Waals surface area contributed by atoms with Crippen molar-refractivity contribution >= 4 is 22.7 Å². The minimum Gasteiger partial charge on any atom is -0.314 e. The van der Waals surface area contributed by atoms with Crippen molar-refractivity contribution in [3.8, 4) is 11.3 Å². The Morgan fingerprint density at radius 2 is 1.68 bits per heavy atom. The number of nitrogens with zero attached hydrogens (tertiary/aromatic N) is 3. The van der Waals surface area contributed by atoms with Gasteiger partial charge in [-0.05, 0) is 74.1 Å². The van der Waals surface area contributed by atoms with Crippen molar-refractivity contribution in [1.29, 1.82) is 0 Å². The Bertz CT molecular complexity index is 1090. The van der Waals surface area contributed by atoms with E-state index in [4.69, 9.17) is 4.99 Å². The number of hydrogen-bond acceptors (Lipinski definition) is 4. The van der Waals surface area contributed by atoms with E-state index in [1.807, 2.05) is 12.1 Å². The molecule has 31 heavy (non-hydrogen) atoms. The van der Waals surface area contributed by atoms with Gasteiger partial charge in [0.15, 0.2) is 4.80 Å². The lowest BCUT2D eigenvalue weighted by molar-refractivity contribution is -0.384. The summed E-state index contributed by atoms with van der Waals surface area (Å²) in [7, 11) is 0. The van der Waals surface area contributed by atoms with Crippen molar-refractivity contribution in [3.63, 3.8) is 0 Å². The molecule has 1 heterocycles. The molecule has 0 aliphatic carbocycles. The minimum atomic E-state index is -0.360. The molecule has 0 saturated heterocycles. The Balaban J connectivity index is 2.06. The number of aromatic nitrogens is 1. The predicted molar refractivity (Wildman–Crippen MR) is 129 cm³/mol. The highest BCUT2D eigenvalue weighted by Crippen LogP contribution is 2.28. The van der Waals surface area contributed by atoms with E-state index in [9.17, 15) is 10.1 Å². The van der Waals surface area contributed by atoms with Crippen molar-refractivity contribution in [2.75, 3.05) is 0 Å². The maximum atomic E-state index is 11.0. The summed E-state index contributed by atoms with van der Waals surface area (Å²) >= 11 is 1.62. The zero-order valence-corrected chi connectivity index (χ0v) is 19.8. The van der Waals surface area contributed by atoms with Gasteiger partial charge in [-0.1, -0.05) is 32.8 Å². The zero-order valence-electron chi connectivity index (χ0n) is 19.0. The van der Waals surface area contributed by atoms with Crippen LogP contribution in [-0.4, -0.2) is 9.49 Å². The molecular formula is C25H31N3O2S. The topological polar surface area (TPSA) is 60.4 Å². The molecule has 5 nitrogen and oxygen atoms in total. The number of rotatable bonds is 8. The number of benzene rings is 2. The first kappa shape index (κ1) is 22.9. The Morgan fingerprint density at radius 1 is 1.03 bits per heavy atom. The number of nitro groups is 1. The van der Waals surface area contributed by atoms with Crippen molar-refractivity contribution in [1.82, 2.24) is 4.57 Å². The molecule has 1 aromatic heterocycles. The molecule has 0 aliphatic rings. The van der Waals surface area contributed by atoms with E-state index in [0.717, 1.165) is 34.6 Å². The van der Waals surface area contributed by atoms with E-state index in [1.54, 1.807) is 23.5 Å². The Kier molecular flexibility index (Phi) is 7.44. The van der Waals surface area contributed by atoms with Crippen LogP contribution in [0.15, 0.2) is 52.8 Å².